The molecule has 0 unspecified atom stereocenters. The molecule has 0 aliphatic heterocycles. The third-order valence-corrected chi connectivity index (χ3v) is 4.27. The van der Waals surface area contributed by atoms with E-state index < -0.39 is 5.60 Å². The third-order valence-electron chi connectivity index (χ3n) is 4.27. The zero-order valence-corrected chi connectivity index (χ0v) is 15.9. The van der Waals surface area contributed by atoms with Crippen LogP contribution in [0.25, 0.3) is 0 Å². The number of rotatable bonds is 9. The topological polar surface area (TPSA) is 48.0 Å². The largest absolute Gasteiger partial charge is 0.444 e. The predicted molar refractivity (Wildman–Crippen MR) is 97.5 cm³/mol. The average Bonchev–Trinajstić information content (AvgIpc) is 3.33. The van der Waals surface area contributed by atoms with E-state index in [1.807, 2.05) is 39.0 Å². The van der Waals surface area contributed by atoms with E-state index >= 15 is 0 Å². The minimum absolute atomic E-state index is 0.187. The van der Waals surface area contributed by atoms with Crippen LogP contribution in [0, 0.1) is 0 Å². The second-order valence-electron chi connectivity index (χ2n) is 7.71. The zero-order chi connectivity index (χ0) is 18.3. The summed E-state index contributed by atoms with van der Waals surface area (Å²) in [6.45, 7) is 8.13. The predicted octanol–water partition coefficient (Wildman–Crippen LogP) is 4.01. The van der Waals surface area contributed by atoms with E-state index in [2.05, 4.69) is 12.1 Å². The van der Waals surface area contributed by atoms with Crippen molar-refractivity contribution in [3.05, 3.63) is 35.9 Å². The lowest BCUT2D eigenvalue weighted by Gasteiger charge is -2.30. The molecule has 2 rings (SSSR count). The molecule has 0 spiro atoms. The maximum Gasteiger partial charge on any atom is 0.410 e. The number of hydrogen-bond acceptors (Lipinski definition) is 4. The van der Waals surface area contributed by atoms with Crippen LogP contribution in [0.1, 0.15) is 45.6 Å². The normalized spacial score (nSPS) is 15.7. The monoisotopic (exact) mass is 349 g/mol. The standard InChI is InChI=1S/C20H31NO4/c1-19(2,3)25-18(22)21(4)20(11-12-20)16-24-14-8-13-23-15-17-9-6-5-7-10-17/h5-7,9-10H,8,11-16H2,1-4H3. The Morgan fingerprint density at radius 1 is 1.12 bits per heavy atom. The summed E-state index contributed by atoms with van der Waals surface area (Å²) in [5, 5.41) is 0. The number of hydrogen-bond donors (Lipinski definition) is 0. The van der Waals surface area contributed by atoms with Crippen molar-refractivity contribution in [3.8, 4) is 0 Å². The molecule has 1 saturated carbocycles. The molecule has 1 aliphatic carbocycles. The van der Waals surface area contributed by atoms with E-state index in [9.17, 15) is 4.79 Å². The van der Waals surface area contributed by atoms with Gasteiger partial charge >= 0.3 is 6.09 Å². The molecular weight excluding hydrogens is 318 g/mol. The summed E-state index contributed by atoms with van der Waals surface area (Å²) in [7, 11) is 1.80. The first-order valence-corrected chi connectivity index (χ1v) is 8.99. The van der Waals surface area contributed by atoms with Gasteiger partial charge in [-0.15, -0.1) is 0 Å². The molecular formula is C20H31NO4. The van der Waals surface area contributed by atoms with Gasteiger partial charge in [0.25, 0.3) is 0 Å². The molecule has 0 atom stereocenters. The highest BCUT2D eigenvalue weighted by Crippen LogP contribution is 2.41. The van der Waals surface area contributed by atoms with Crippen LogP contribution in [0.5, 0.6) is 0 Å². The molecule has 1 amide bonds. The number of nitrogens with zero attached hydrogens (tertiary/aromatic N) is 1. The fourth-order valence-electron chi connectivity index (χ4n) is 2.53. The first kappa shape index (κ1) is 19.7. The fourth-order valence-corrected chi connectivity index (χ4v) is 2.53. The van der Waals surface area contributed by atoms with Crippen molar-refractivity contribution in [1.29, 1.82) is 0 Å². The van der Waals surface area contributed by atoms with Gasteiger partial charge < -0.3 is 19.1 Å². The minimum Gasteiger partial charge on any atom is -0.444 e. The highest BCUT2D eigenvalue weighted by atomic mass is 16.6. The number of carbonyl (C=O) groups excluding carboxylic acids is 1. The fraction of sp³-hybridized carbons (Fsp3) is 0.650. The Morgan fingerprint density at radius 2 is 1.76 bits per heavy atom. The Morgan fingerprint density at radius 3 is 2.36 bits per heavy atom. The van der Waals surface area contributed by atoms with E-state index in [0.717, 1.165) is 19.3 Å². The Kier molecular flexibility index (Phi) is 6.85. The number of carbonyl (C=O) groups is 1. The minimum atomic E-state index is -0.474. The van der Waals surface area contributed by atoms with Crippen LogP contribution in [-0.2, 0) is 20.8 Å². The maximum absolute atomic E-state index is 12.2. The van der Waals surface area contributed by atoms with Crippen molar-refractivity contribution in [3.63, 3.8) is 0 Å². The first-order valence-electron chi connectivity index (χ1n) is 8.99. The van der Waals surface area contributed by atoms with E-state index in [4.69, 9.17) is 14.2 Å². The van der Waals surface area contributed by atoms with Crippen LogP contribution in [0.3, 0.4) is 0 Å². The van der Waals surface area contributed by atoms with Gasteiger partial charge in [0.1, 0.15) is 5.60 Å². The summed E-state index contributed by atoms with van der Waals surface area (Å²) >= 11 is 0. The third kappa shape index (κ3) is 6.67. The summed E-state index contributed by atoms with van der Waals surface area (Å²) in [6.07, 6.45) is 2.50. The van der Waals surface area contributed by atoms with Gasteiger partial charge in [0.15, 0.2) is 0 Å². The van der Waals surface area contributed by atoms with Gasteiger partial charge in [-0.2, -0.15) is 0 Å². The van der Waals surface area contributed by atoms with Crippen molar-refractivity contribution < 1.29 is 19.0 Å². The van der Waals surface area contributed by atoms with Gasteiger partial charge in [-0.05, 0) is 45.6 Å². The van der Waals surface area contributed by atoms with Gasteiger partial charge in [0.05, 0.1) is 18.8 Å². The Bertz CT molecular complexity index is 534. The molecule has 0 N–H and O–H groups in total. The van der Waals surface area contributed by atoms with Gasteiger partial charge in [-0.1, -0.05) is 30.3 Å². The Hall–Kier alpha value is -1.59. The molecule has 140 valence electrons. The van der Waals surface area contributed by atoms with E-state index in [0.29, 0.717) is 26.4 Å². The molecule has 0 aromatic heterocycles. The van der Waals surface area contributed by atoms with Crippen molar-refractivity contribution in [2.45, 2.75) is 57.8 Å². The lowest BCUT2D eigenvalue weighted by Crippen LogP contribution is -2.44. The van der Waals surface area contributed by atoms with Crippen LogP contribution < -0.4 is 0 Å². The summed E-state index contributed by atoms with van der Waals surface area (Å²) in [5.74, 6) is 0. The molecule has 0 saturated heterocycles. The van der Waals surface area contributed by atoms with Gasteiger partial charge in [0.2, 0.25) is 0 Å². The molecule has 5 heteroatoms. The lowest BCUT2D eigenvalue weighted by molar-refractivity contribution is -0.000135. The average molecular weight is 349 g/mol. The van der Waals surface area contributed by atoms with Crippen LogP contribution in [-0.4, -0.2) is 49.0 Å². The summed E-state index contributed by atoms with van der Waals surface area (Å²) < 4.78 is 16.9. The Labute approximate surface area is 151 Å². The van der Waals surface area contributed by atoms with Crippen LogP contribution in [0.2, 0.25) is 0 Å². The molecule has 1 fully saturated rings. The van der Waals surface area contributed by atoms with Gasteiger partial charge in [0, 0.05) is 20.3 Å². The molecule has 1 aromatic carbocycles. The molecule has 1 aromatic rings. The Balaban J connectivity index is 1.59. The quantitative estimate of drug-likeness (QED) is 0.632. The first-order chi connectivity index (χ1) is 11.8. The number of benzene rings is 1. The van der Waals surface area contributed by atoms with Crippen molar-refractivity contribution in [2.24, 2.45) is 0 Å². The smallest absolute Gasteiger partial charge is 0.410 e. The highest BCUT2D eigenvalue weighted by Gasteiger charge is 2.49. The van der Waals surface area contributed by atoms with Crippen molar-refractivity contribution in [2.75, 3.05) is 26.9 Å². The van der Waals surface area contributed by atoms with Crippen LogP contribution in [0.15, 0.2) is 30.3 Å². The van der Waals surface area contributed by atoms with Gasteiger partial charge in [-0.25, -0.2) is 4.79 Å². The van der Waals surface area contributed by atoms with E-state index in [1.165, 1.54) is 5.56 Å². The molecule has 1 aliphatic rings. The number of amides is 1. The molecule has 0 radical (unpaired) electrons. The second-order valence-corrected chi connectivity index (χ2v) is 7.71. The lowest BCUT2D eigenvalue weighted by atomic mass is 10.2. The SMILES string of the molecule is CN(C(=O)OC(C)(C)C)C1(COCCCOCc2ccccc2)CC1. The van der Waals surface area contributed by atoms with Crippen molar-refractivity contribution >= 4 is 6.09 Å². The maximum atomic E-state index is 12.2. The number of likely N-dealkylation sites (N-methyl/N-ethyl adjacent to an activating group) is 1. The molecule has 5 nitrogen and oxygen atoms in total. The van der Waals surface area contributed by atoms with Crippen LogP contribution in [0.4, 0.5) is 4.79 Å². The molecule has 0 bridgehead atoms. The van der Waals surface area contributed by atoms with Crippen molar-refractivity contribution in [1.82, 2.24) is 4.90 Å². The van der Waals surface area contributed by atoms with Gasteiger partial charge in [-0.3, -0.25) is 0 Å². The summed E-state index contributed by atoms with van der Waals surface area (Å²) in [6, 6.07) is 10.1. The zero-order valence-electron chi connectivity index (χ0n) is 15.9. The van der Waals surface area contributed by atoms with E-state index in [-0.39, 0.29) is 11.6 Å². The van der Waals surface area contributed by atoms with E-state index in [1.54, 1.807) is 11.9 Å². The summed E-state index contributed by atoms with van der Waals surface area (Å²) in [5.41, 5.74) is 0.519. The summed E-state index contributed by atoms with van der Waals surface area (Å²) in [4.78, 5) is 13.9. The molecule has 0 heterocycles. The second kappa shape index (κ2) is 8.68. The number of ether oxygens (including phenoxy) is 3. The highest BCUT2D eigenvalue weighted by molar-refractivity contribution is 5.69. The van der Waals surface area contributed by atoms with Crippen LogP contribution >= 0.6 is 0 Å². The molecule has 25 heavy (non-hydrogen) atoms.